The SMILES string of the molecule is NC1(CCN2CCCC3CCCCC32)CCC1. The first-order valence-corrected chi connectivity index (χ1v) is 7.80. The maximum absolute atomic E-state index is 6.36. The number of piperidine rings is 1. The lowest BCUT2D eigenvalue weighted by atomic mass is 9.74. The maximum Gasteiger partial charge on any atom is 0.0166 e. The molecule has 2 saturated carbocycles. The van der Waals surface area contributed by atoms with Crippen molar-refractivity contribution in [2.75, 3.05) is 13.1 Å². The second kappa shape index (κ2) is 4.89. The molecule has 0 aromatic heterocycles. The molecule has 3 fully saturated rings. The predicted molar refractivity (Wildman–Crippen MR) is 71.9 cm³/mol. The van der Waals surface area contributed by atoms with Gasteiger partial charge >= 0.3 is 0 Å². The van der Waals surface area contributed by atoms with Crippen molar-refractivity contribution in [3.8, 4) is 0 Å². The number of hydrogen-bond donors (Lipinski definition) is 1. The topological polar surface area (TPSA) is 29.3 Å². The van der Waals surface area contributed by atoms with Crippen molar-refractivity contribution < 1.29 is 0 Å². The van der Waals surface area contributed by atoms with Crippen LogP contribution in [-0.2, 0) is 0 Å². The van der Waals surface area contributed by atoms with E-state index in [0.29, 0.717) is 0 Å². The van der Waals surface area contributed by atoms with Crippen LogP contribution in [0.2, 0.25) is 0 Å². The van der Waals surface area contributed by atoms with E-state index < -0.39 is 0 Å². The van der Waals surface area contributed by atoms with E-state index in [-0.39, 0.29) is 5.54 Å². The molecule has 2 N–H and O–H groups in total. The largest absolute Gasteiger partial charge is 0.325 e. The fourth-order valence-corrected chi connectivity index (χ4v) is 4.25. The van der Waals surface area contributed by atoms with Gasteiger partial charge in [0.25, 0.3) is 0 Å². The van der Waals surface area contributed by atoms with Gasteiger partial charge in [-0.15, -0.1) is 0 Å². The Balaban J connectivity index is 1.54. The molecule has 2 atom stereocenters. The quantitative estimate of drug-likeness (QED) is 0.816. The summed E-state index contributed by atoms with van der Waals surface area (Å²) < 4.78 is 0. The molecule has 2 unspecified atom stereocenters. The van der Waals surface area contributed by atoms with E-state index >= 15 is 0 Å². The zero-order valence-electron chi connectivity index (χ0n) is 11.2. The molecule has 0 aromatic rings. The van der Waals surface area contributed by atoms with Crippen molar-refractivity contribution in [3.05, 3.63) is 0 Å². The summed E-state index contributed by atoms with van der Waals surface area (Å²) in [5.74, 6) is 1.02. The molecule has 0 radical (unpaired) electrons. The summed E-state index contributed by atoms with van der Waals surface area (Å²) in [4.78, 5) is 2.79. The Morgan fingerprint density at radius 3 is 2.53 bits per heavy atom. The van der Waals surface area contributed by atoms with E-state index in [1.165, 1.54) is 77.3 Å². The molecule has 1 heterocycles. The first-order valence-electron chi connectivity index (χ1n) is 7.80. The Morgan fingerprint density at radius 2 is 1.76 bits per heavy atom. The standard InChI is InChI=1S/C15H28N2/c16-15(8-4-9-15)10-12-17-11-3-6-13-5-1-2-7-14(13)17/h13-14H,1-12,16H2. The number of hydrogen-bond acceptors (Lipinski definition) is 2. The van der Waals surface area contributed by atoms with E-state index in [4.69, 9.17) is 5.73 Å². The van der Waals surface area contributed by atoms with Gasteiger partial charge in [-0.05, 0) is 63.8 Å². The second-order valence-electron chi connectivity index (χ2n) is 6.76. The van der Waals surface area contributed by atoms with Crippen LogP contribution < -0.4 is 5.73 Å². The number of likely N-dealkylation sites (tertiary alicyclic amines) is 1. The zero-order valence-corrected chi connectivity index (χ0v) is 11.2. The number of rotatable bonds is 3. The minimum Gasteiger partial charge on any atom is -0.325 e. The van der Waals surface area contributed by atoms with Gasteiger partial charge < -0.3 is 10.6 Å². The lowest BCUT2D eigenvalue weighted by Gasteiger charge is -2.46. The first kappa shape index (κ1) is 12.0. The summed E-state index contributed by atoms with van der Waals surface area (Å²) in [5, 5.41) is 0. The molecule has 2 heteroatoms. The van der Waals surface area contributed by atoms with Crippen molar-refractivity contribution in [3.63, 3.8) is 0 Å². The van der Waals surface area contributed by atoms with Crippen molar-refractivity contribution in [1.29, 1.82) is 0 Å². The maximum atomic E-state index is 6.36. The van der Waals surface area contributed by atoms with Gasteiger partial charge in [-0.2, -0.15) is 0 Å². The highest BCUT2D eigenvalue weighted by atomic mass is 15.2. The predicted octanol–water partition coefficient (Wildman–Crippen LogP) is 2.91. The third-order valence-corrected chi connectivity index (χ3v) is 5.60. The molecule has 3 aliphatic rings. The van der Waals surface area contributed by atoms with E-state index in [1.807, 2.05) is 0 Å². The van der Waals surface area contributed by atoms with Crippen LogP contribution in [0.15, 0.2) is 0 Å². The fraction of sp³-hybridized carbons (Fsp3) is 1.00. The number of nitrogens with zero attached hydrogens (tertiary/aromatic N) is 1. The smallest absolute Gasteiger partial charge is 0.0166 e. The van der Waals surface area contributed by atoms with Crippen LogP contribution in [0, 0.1) is 5.92 Å². The highest BCUT2D eigenvalue weighted by Crippen LogP contribution is 2.37. The van der Waals surface area contributed by atoms with Gasteiger partial charge in [-0.3, -0.25) is 0 Å². The van der Waals surface area contributed by atoms with Gasteiger partial charge in [-0.1, -0.05) is 12.8 Å². The van der Waals surface area contributed by atoms with Crippen molar-refractivity contribution >= 4 is 0 Å². The van der Waals surface area contributed by atoms with Crippen molar-refractivity contribution in [2.24, 2.45) is 11.7 Å². The fourth-order valence-electron chi connectivity index (χ4n) is 4.25. The summed E-state index contributed by atoms with van der Waals surface area (Å²) >= 11 is 0. The summed E-state index contributed by atoms with van der Waals surface area (Å²) in [6.07, 6.45) is 14.0. The molecule has 0 aromatic carbocycles. The third kappa shape index (κ3) is 2.53. The van der Waals surface area contributed by atoms with Crippen LogP contribution in [0.4, 0.5) is 0 Å². The van der Waals surface area contributed by atoms with Gasteiger partial charge in [0.1, 0.15) is 0 Å². The molecule has 98 valence electrons. The van der Waals surface area contributed by atoms with Gasteiger partial charge in [-0.25, -0.2) is 0 Å². The number of fused-ring (bicyclic) bond motifs is 1. The molecule has 3 rings (SSSR count). The Kier molecular flexibility index (Phi) is 3.45. The lowest BCUT2D eigenvalue weighted by Crippen LogP contribution is -2.52. The molecule has 1 aliphatic heterocycles. The summed E-state index contributed by atoms with van der Waals surface area (Å²) in [7, 11) is 0. The van der Waals surface area contributed by atoms with Crippen LogP contribution in [0.25, 0.3) is 0 Å². The second-order valence-corrected chi connectivity index (χ2v) is 6.76. The van der Waals surface area contributed by atoms with Crippen molar-refractivity contribution in [2.45, 2.75) is 75.8 Å². The Morgan fingerprint density at radius 1 is 1.00 bits per heavy atom. The third-order valence-electron chi connectivity index (χ3n) is 5.60. The van der Waals surface area contributed by atoms with E-state index in [9.17, 15) is 0 Å². The molecule has 2 nitrogen and oxygen atoms in total. The summed E-state index contributed by atoms with van der Waals surface area (Å²) in [6, 6.07) is 0.918. The van der Waals surface area contributed by atoms with Gasteiger partial charge in [0, 0.05) is 18.1 Å². The molecule has 0 bridgehead atoms. The summed E-state index contributed by atoms with van der Waals surface area (Å²) in [6.45, 7) is 2.62. The number of nitrogens with two attached hydrogens (primary N) is 1. The Hall–Kier alpha value is -0.0800. The summed E-state index contributed by atoms with van der Waals surface area (Å²) in [5.41, 5.74) is 6.59. The average molecular weight is 236 g/mol. The van der Waals surface area contributed by atoms with E-state index in [0.717, 1.165) is 12.0 Å². The highest BCUT2D eigenvalue weighted by molar-refractivity contribution is 4.95. The molecular weight excluding hydrogens is 208 g/mol. The molecule has 0 amide bonds. The molecule has 2 aliphatic carbocycles. The average Bonchev–Trinajstić information content (AvgIpc) is 2.34. The molecular formula is C15H28N2. The van der Waals surface area contributed by atoms with Gasteiger partial charge in [0.15, 0.2) is 0 Å². The van der Waals surface area contributed by atoms with Crippen LogP contribution in [-0.4, -0.2) is 29.6 Å². The Bertz CT molecular complexity index is 258. The van der Waals surface area contributed by atoms with E-state index in [1.54, 1.807) is 0 Å². The normalized spacial score (nSPS) is 37.2. The monoisotopic (exact) mass is 236 g/mol. The minimum absolute atomic E-state index is 0.224. The first-order chi connectivity index (χ1) is 8.27. The minimum atomic E-state index is 0.224. The Labute approximate surface area is 106 Å². The van der Waals surface area contributed by atoms with Gasteiger partial charge in [0.2, 0.25) is 0 Å². The molecule has 1 saturated heterocycles. The highest BCUT2D eigenvalue weighted by Gasteiger charge is 2.36. The van der Waals surface area contributed by atoms with Crippen LogP contribution in [0.1, 0.15) is 64.2 Å². The van der Waals surface area contributed by atoms with E-state index in [2.05, 4.69) is 4.90 Å². The molecule has 0 spiro atoms. The molecule has 17 heavy (non-hydrogen) atoms. The van der Waals surface area contributed by atoms with Crippen molar-refractivity contribution in [1.82, 2.24) is 4.90 Å². The zero-order chi connectivity index (χ0) is 11.7. The van der Waals surface area contributed by atoms with Crippen LogP contribution >= 0.6 is 0 Å². The van der Waals surface area contributed by atoms with Crippen LogP contribution in [0.5, 0.6) is 0 Å². The van der Waals surface area contributed by atoms with Crippen LogP contribution in [0.3, 0.4) is 0 Å². The lowest BCUT2D eigenvalue weighted by molar-refractivity contribution is 0.0489. The van der Waals surface area contributed by atoms with Gasteiger partial charge in [0.05, 0.1) is 0 Å².